The first-order valence-electron chi connectivity index (χ1n) is 5.71. The lowest BCUT2D eigenvalue weighted by molar-refractivity contribution is -0.384. The van der Waals surface area contributed by atoms with Gasteiger partial charge in [-0.2, -0.15) is 0 Å². The van der Waals surface area contributed by atoms with E-state index in [2.05, 4.69) is 10.3 Å². The Morgan fingerprint density at radius 2 is 2.32 bits per heavy atom. The van der Waals surface area contributed by atoms with Gasteiger partial charge in [-0.05, 0) is 19.8 Å². The van der Waals surface area contributed by atoms with Crippen LogP contribution in [0.5, 0.6) is 0 Å². The smallest absolute Gasteiger partial charge is 0.337 e. The van der Waals surface area contributed by atoms with E-state index in [0.29, 0.717) is 19.4 Å². The molecule has 19 heavy (non-hydrogen) atoms. The lowest BCUT2D eigenvalue weighted by Crippen LogP contribution is -2.10. The first kappa shape index (κ1) is 14.8. The number of aliphatic hydroxyl groups excluding tert-OH is 1. The molecule has 0 aromatic carbocycles. The minimum absolute atomic E-state index is 0.0283. The van der Waals surface area contributed by atoms with Gasteiger partial charge in [0.05, 0.1) is 16.6 Å². The second-order valence-electron chi connectivity index (χ2n) is 4.07. The highest BCUT2D eigenvalue weighted by atomic mass is 16.6. The molecule has 0 aliphatic rings. The number of carbonyl (C=O) groups is 1. The minimum Gasteiger partial charge on any atom is -0.478 e. The lowest BCUT2D eigenvalue weighted by atomic mass is 10.2. The van der Waals surface area contributed by atoms with E-state index in [1.165, 1.54) is 0 Å². The van der Waals surface area contributed by atoms with Crippen LogP contribution >= 0.6 is 0 Å². The largest absolute Gasteiger partial charge is 0.478 e. The molecule has 1 aromatic heterocycles. The highest BCUT2D eigenvalue weighted by molar-refractivity contribution is 5.88. The molecular weight excluding hydrogens is 254 g/mol. The number of aromatic carboxylic acids is 1. The Kier molecular flexibility index (Phi) is 5.19. The van der Waals surface area contributed by atoms with Crippen LogP contribution in [0.4, 0.5) is 11.5 Å². The molecule has 1 heterocycles. The molecule has 0 saturated heterocycles. The van der Waals surface area contributed by atoms with Crippen molar-refractivity contribution < 1.29 is 19.9 Å². The van der Waals surface area contributed by atoms with Gasteiger partial charge in [-0.25, -0.2) is 9.78 Å². The zero-order chi connectivity index (χ0) is 14.4. The zero-order valence-corrected chi connectivity index (χ0v) is 10.4. The maximum atomic E-state index is 10.8. The number of nitrogens with one attached hydrogen (secondary N) is 1. The van der Waals surface area contributed by atoms with Crippen molar-refractivity contribution in [3.63, 3.8) is 0 Å². The molecule has 8 heteroatoms. The van der Waals surface area contributed by atoms with Crippen LogP contribution in [0.15, 0.2) is 12.3 Å². The number of hydrogen-bond acceptors (Lipinski definition) is 6. The number of carboxylic acids is 1. The summed E-state index contributed by atoms with van der Waals surface area (Å²) in [7, 11) is 0. The predicted molar refractivity (Wildman–Crippen MR) is 67.3 cm³/mol. The lowest BCUT2D eigenvalue weighted by Gasteiger charge is -2.07. The van der Waals surface area contributed by atoms with Crippen LogP contribution in [0, 0.1) is 10.1 Å². The fourth-order valence-corrected chi connectivity index (χ4v) is 1.45. The molecule has 8 nitrogen and oxygen atoms in total. The summed E-state index contributed by atoms with van der Waals surface area (Å²) in [5, 5.41) is 31.4. The third kappa shape index (κ3) is 4.51. The summed E-state index contributed by atoms with van der Waals surface area (Å²) in [5.41, 5.74) is -0.613. The number of nitrogens with zero attached hydrogens (tertiary/aromatic N) is 2. The van der Waals surface area contributed by atoms with Gasteiger partial charge in [0.25, 0.3) is 0 Å². The molecule has 0 amide bonds. The van der Waals surface area contributed by atoms with Crippen LogP contribution in [0.2, 0.25) is 0 Å². The molecule has 0 radical (unpaired) electrons. The van der Waals surface area contributed by atoms with Gasteiger partial charge in [0, 0.05) is 18.8 Å². The van der Waals surface area contributed by atoms with Crippen molar-refractivity contribution in [2.24, 2.45) is 0 Å². The van der Waals surface area contributed by atoms with E-state index < -0.39 is 17.0 Å². The van der Waals surface area contributed by atoms with Gasteiger partial charge in [-0.1, -0.05) is 0 Å². The molecular formula is C11H15N3O5. The van der Waals surface area contributed by atoms with Crippen LogP contribution in [0.25, 0.3) is 0 Å². The van der Waals surface area contributed by atoms with Crippen LogP contribution in [0.1, 0.15) is 30.1 Å². The Morgan fingerprint density at radius 3 is 2.84 bits per heavy atom. The third-order valence-corrected chi connectivity index (χ3v) is 2.40. The van der Waals surface area contributed by atoms with E-state index >= 15 is 0 Å². The highest BCUT2D eigenvalue weighted by Gasteiger charge is 2.18. The second kappa shape index (κ2) is 6.64. The van der Waals surface area contributed by atoms with Gasteiger partial charge in [0.15, 0.2) is 0 Å². The van der Waals surface area contributed by atoms with Crippen LogP contribution in [-0.2, 0) is 0 Å². The van der Waals surface area contributed by atoms with E-state index in [9.17, 15) is 14.9 Å². The second-order valence-corrected chi connectivity index (χ2v) is 4.07. The third-order valence-electron chi connectivity index (χ3n) is 2.40. The number of aromatic nitrogens is 1. The molecule has 0 aliphatic carbocycles. The first-order valence-corrected chi connectivity index (χ1v) is 5.71. The van der Waals surface area contributed by atoms with Crippen LogP contribution < -0.4 is 5.32 Å². The Hall–Kier alpha value is -2.22. The number of nitro groups is 1. The molecule has 3 N–H and O–H groups in total. The monoisotopic (exact) mass is 269 g/mol. The molecule has 1 atom stereocenters. The fourth-order valence-electron chi connectivity index (χ4n) is 1.45. The standard InChI is InChI=1S/C11H15N3O5/c1-7(15)3-2-4-12-10-9(14(18)19)5-8(6-13-10)11(16)17/h5-7,15H,2-4H2,1H3,(H,12,13)(H,16,17). The number of hydrogen-bond donors (Lipinski definition) is 3. The van der Waals surface area contributed by atoms with Crippen molar-refractivity contribution in [2.75, 3.05) is 11.9 Å². The summed E-state index contributed by atoms with van der Waals surface area (Å²) < 4.78 is 0. The van der Waals surface area contributed by atoms with E-state index in [-0.39, 0.29) is 17.1 Å². The minimum atomic E-state index is -1.27. The molecule has 0 spiro atoms. The zero-order valence-electron chi connectivity index (χ0n) is 10.4. The van der Waals surface area contributed by atoms with Gasteiger partial charge < -0.3 is 15.5 Å². The van der Waals surface area contributed by atoms with Gasteiger partial charge in [0.2, 0.25) is 5.82 Å². The van der Waals surface area contributed by atoms with Gasteiger partial charge in [-0.3, -0.25) is 10.1 Å². The molecule has 104 valence electrons. The fraction of sp³-hybridized carbons (Fsp3) is 0.455. The summed E-state index contributed by atoms with van der Waals surface area (Å²) in [5.74, 6) is -1.24. The number of rotatable bonds is 7. The van der Waals surface area contributed by atoms with Crippen molar-refractivity contribution in [2.45, 2.75) is 25.9 Å². The normalized spacial score (nSPS) is 11.9. The van der Waals surface area contributed by atoms with Crippen molar-refractivity contribution in [3.05, 3.63) is 27.9 Å². The maximum Gasteiger partial charge on any atom is 0.337 e. The number of carboxylic acid groups (broad SMARTS) is 1. The van der Waals surface area contributed by atoms with Gasteiger partial charge >= 0.3 is 11.7 Å². The molecule has 0 aliphatic heterocycles. The van der Waals surface area contributed by atoms with Crippen molar-refractivity contribution in [3.8, 4) is 0 Å². The van der Waals surface area contributed by atoms with E-state index in [1.54, 1.807) is 6.92 Å². The molecule has 1 rings (SSSR count). The summed E-state index contributed by atoms with van der Waals surface area (Å²) in [6, 6.07) is 0.965. The van der Waals surface area contributed by atoms with Gasteiger partial charge in [-0.15, -0.1) is 0 Å². The molecule has 1 unspecified atom stereocenters. The Labute approximate surface area is 109 Å². The molecule has 0 fully saturated rings. The average molecular weight is 269 g/mol. The molecule has 1 aromatic rings. The van der Waals surface area contributed by atoms with E-state index in [0.717, 1.165) is 12.3 Å². The summed E-state index contributed by atoms with van der Waals surface area (Å²) in [6.45, 7) is 2.06. The quantitative estimate of drug-likeness (QED) is 0.386. The Morgan fingerprint density at radius 1 is 1.63 bits per heavy atom. The predicted octanol–water partition coefficient (Wildman–Crippen LogP) is 1.26. The van der Waals surface area contributed by atoms with E-state index in [4.69, 9.17) is 10.2 Å². The number of pyridine rings is 1. The van der Waals surface area contributed by atoms with Crippen LogP contribution in [-0.4, -0.2) is 38.7 Å². The van der Waals surface area contributed by atoms with Crippen molar-refractivity contribution in [1.29, 1.82) is 0 Å². The number of anilines is 1. The van der Waals surface area contributed by atoms with Crippen molar-refractivity contribution in [1.82, 2.24) is 4.98 Å². The van der Waals surface area contributed by atoms with E-state index in [1.807, 2.05) is 0 Å². The Bertz CT molecular complexity index is 475. The van der Waals surface area contributed by atoms with Crippen LogP contribution in [0.3, 0.4) is 0 Å². The maximum absolute atomic E-state index is 10.8. The summed E-state index contributed by atoms with van der Waals surface area (Å²) in [6.07, 6.45) is 1.82. The first-order chi connectivity index (χ1) is 8.91. The summed E-state index contributed by atoms with van der Waals surface area (Å²) >= 11 is 0. The van der Waals surface area contributed by atoms with Gasteiger partial charge in [0.1, 0.15) is 0 Å². The van der Waals surface area contributed by atoms with Crippen molar-refractivity contribution >= 4 is 17.5 Å². The topological polar surface area (TPSA) is 126 Å². The average Bonchev–Trinajstić information content (AvgIpc) is 2.34. The summed E-state index contributed by atoms with van der Waals surface area (Å²) in [4.78, 5) is 24.6. The number of aliphatic hydroxyl groups is 1. The molecule has 0 saturated carbocycles. The SMILES string of the molecule is CC(O)CCCNc1ncc(C(=O)O)cc1[N+](=O)[O-]. The Balaban J connectivity index is 2.77. The molecule has 0 bridgehead atoms. The highest BCUT2D eigenvalue weighted by Crippen LogP contribution is 2.22.